The average molecular weight is 241 g/mol. The van der Waals surface area contributed by atoms with E-state index in [0.717, 1.165) is 11.2 Å². The van der Waals surface area contributed by atoms with E-state index < -0.39 is 0 Å². The van der Waals surface area contributed by atoms with Gasteiger partial charge in [-0.15, -0.1) is 0 Å². The molecule has 4 heteroatoms. The van der Waals surface area contributed by atoms with Crippen LogP contribution in [0.15, 0.2) is 48.8 Å². The van der Waals surface area contributed by atoms with Crippen LogP contribution in [0.3, 0.4) is 0 Å². The molecule has 2 aromatic heterocycles. The summed E-state index contributed by atoms with van der Waals surface area (Å²) in [6.07, 6.45) is 3.64. The molecule has 0 aliphatic rings. The molecule has 3 nitrogen and oxygen atoms in total. The molecule has 0 fully saturated rings. The first-order valence-electron chi connectivity index (χ1n) is 5.69. The van der Waals surface area contributed by atoms with Gasteiger partial charge in [0.2, 0.25) is 0 Å². The van der Waals surface area contributed by atoms with Gasteiger partial charge in [-0.3, -0.25) is 4.40 Å². The summed E-state index contributed by atoms with van der Waals surface area (Å²) in [5, 5.41) is 3.06. The maximum atomic E-state index is 13.8. The molecular formula is C14H12FN3. The third-order valence-corrected chi connectivity index (χ3v) is 2.93. The number of halogens is 1. The number of hydrogen-bond donors (Lipinski definition) is 1. The van der Waals surface area contributed by atoms with Gasteiger partial charge in [-0.2, -0.15) is 0 Å². The quantitative estimate of drug-likeness (QED) is 0.746. The van der Waals surface area contributed by atoms with E-state index in [1.807, 2.05) is 29.8 Å². The van der Waals surface area contributed by atoms with Crippen LogP contribution in [0, 0.1) is 5.82 Å². The number of rotatable bonds is 2. The highest BCUT2D eigenvalue weighted by molar-refractivity contribution is 5.64. The molecule has 0 atom stereocenters. The lowest BCUT2D eigenvalue weighted by Crippen LogP contribution is -1.95. The zero-order valence-electron chi connectivity index (χ0n) is 9.89. The van der Waals surface area contributed by atoms with Crippen molar-refractivity contribution in [1.29, 1.82) is 0 Å². The topological polar surface area (TPSA) is 29.3 Å². The Kier molecular flexibility index (Phi) is 2.48. The third-order valence-electron chi connectivity index (χ3n) is 2.93. The largest absolute Gasteiger partial charge is 0.387 e. The molecule has 0 saturated carbocycles. The Balaban J connectivity index is 2.26. The Morgan fingerprint density at radius 3 is 2.78 bits per heavy atom. The maximum Gasteiger partial charge on any atom is 0.147 e. The van der Waals surface area contributed by atoms with Gasteiger partial charge in [0.1, 0.15) is 11.6 Å². The Labute approximate surface area is 104 Å². The molecule has 3 rings (SSSR count). The summed E-state index contributed by atoms with van der Waals surface area (Å²) in [7, 11) is 1.85. The molecule has 0 unspecified atom stereocenters. The summed E-state index contributed by atoms with van der Waals surface area (Å²) in [6, 6.07) is 10.6. The number of nitrogens with one attached hydrogen (secondary N) is 1. The Hall–Kier alpha value is -2.36. The normalized spacial score (nSPS) is 10.8. The fourth-order valence-electron chi connectivity index (χ4n) is 1.98. The summed E-state index contributed by atoms with van der Waals surface area (Å²) in [5.74, 6) is 0.347. The summed E-state index contributed by atoms with van der Waals surface area (Å²) in [5.41, 5.74) is 2.40. The van der Waals surface area contributed by atoms with Gasteiger partial charge in [0, 0.05) is 13.2 Å². The number of hydrogen-bond acceptors (Lipinski definition) is 2. The van der Waals surface area contributed by atoms with Crippen LogP contribution in [0.1, 0.15) is 0 Å². The Morgan fingerprint density at radius 2 is 2.00 bits per heavy atom. The van der Waals surface area contributed by atoms with Crippen molar-refractivity contribution in [2.75, 3.05) is 12.4 Å². The summed E-state index contributed by atoms with van der Waals surface area (Å²) in [6.45, 7) is 0. The second-order valence-electron chi connectivity index (χ2n) is 4.02. The van der Waals surface area contributed by atoms with Crippen molar-refractivity contribution in [3.8, 4) is 11.4 Å². The highest BCUT2D eigenvalue weighted by atomic mass is 19.1. The van der Waals surface area contributed by atoms with E-state index in [2.05, 4.69) is 10.3 Å². The van der Waals surface area contributed by atoms with Crippen molar-refractivity contribution >= 4 is 11.2 Å². The molecule has 0 aliphatic carbocycles. The lowest BCUT2D eigenvalue weighted by Gasteiger charge is -2.05. The second-order valence-corrected chi connectivity index (χ2v) is 4.02. The number of aromatic nitrogens is 2. The lowest BCUT2D eigenvalue weighted by atomic mass is 10.2. The van der Waals surface area contributed by atoms with Crippen LogP contribution < -0.4 is 5.32 Å². The fourth-order valence-corrected chi connectivity index (χ4v) is 1.98. The van der Waals surface area contributed by atoms with Crippen molar-refractivity contribution in [3.05, 3.63) is 54.6 Å². The maximum absolute atomic E-state index is 13.8. The lowest BCUT2D eigenvalue weighted by molar-refractivity contribution is 0.630. The number of nitrogens with zero attached hydrogens (tertiary/aromatic N) is 2. The van der Waals surface area contributed by atoms with E-state index >= 15 is 0 Å². The molecule has 3 aromatic rings. The molecule has 0 spiro atoms. The van der Waals surface area contributed by atoms with Crippen LogP contribution in [0.25, 0.3) is 16.9 Å². The molecule has 0 aliphatic heterocycles. The molecule has 90 valence electrons. The predicted octanol–water partition coefficient (Wildman–Crippen LogP) is 3.18. The van der Waals surface area contributed by atoms with Crippen LogP contribution >= 0.6 is 0 Å². The summed E-state index contributed by atoms with van der Waals surface area (Å²) >= 11 is 0. The van der Waals surface area contributed by atoms with Crippen molar-refractivity contribution in [2.45, 2.75) is 0 Å². The highest BCUT2D eigenvalue weighted by Gasteiger charge is 2.10. The zero-order chi connectivity index (χ0) is 12.5. The molecule has 18 heavy (non-hydrogen) atoms. The van der Waals surface area contributed by atoms with E-state index in [0.29, 0.717) is 11.4 Å². The van der Waals surface area contributed by atoms with Crippen LogP contribution in [0.2, 0.25) is 0 Å². The molecule has 2 heterocycles. The summed E-state index contributed by atoms with van der Waals surface area (Å²) < 4.78 is 15.7. The molecule has 0 bridgehead atoms. The number of imidazole rings is 1. The fraction of sp³-hybridized carbons (Fsp3) is 0.0714. The molecule has 0 amide bonds. The zero-order valence-corrected chi connectivity index (χ0v) is 9.89. The van der Waals surface area contributed by atoms with Gasteiger partial charge in [-0.1, -0.05) is 12.1 Å². The summed E-state index contributed by atoms with van der Waals surface area (Å²) in [4.78, 5) is 4.30. The minimum atomic E-state index is -0.264. The SMILES string of the molecule is CNc1ccc2cnc(-c3ccccc3F)n2c1. The van der Waals surface area contributed by atoms with Gasteiger partial charge in [0.15, 0.2) is 0 Å². The molecule has 0 radical (unpaired) electrons. The predicted molar refractivity (Wildman–Crippen MR) is 70.1 cm³/mol. The smallest absolute Gasteiger partial charge is 0.147 e. The molecule has 1 aromatic carbocycles. The first kappa shape index (κ1) is 10.8. The van der Waals surface area contributed by atoms with Gasteiger partial charge < -0.3 is 5.32 Å². The van der Waals surface area contributed by atoms with Gasteiger partial charge in [-0.05, 0) is 24.3 Å². The van der Waals surface area contributed by atoms with Crippen molar-refractivity contribution in [3.63, 3.8) is 0 Å². The van der Waals surface area contributed by atoms with Gasteiger partial charge >= 0.3 is 0 Å². The first-order chi connectivity index (χ1) is 8.79. The number of anilines is 1. The second kappa shape index (κ2) is 4.14. The van der Waals surface area contributed by atoms with Crippen molar-refractivity contribution < 1.29 is 4.39 Å². The van der Waals surface area contributed by atoms with Gasteiger partial charge in [-0.25, -0.2) is 9.37 Å². The van der Waals surface area contributed by atoms with Crippen molar-refractivity contribution in [1.82, 2.24) is 9.38 Å². The minimum Gasteiger partial charge on any atom is -0.387 e. The van der Waals surface area contributed by atoms with Crippen LogP contribution in [0.5, 0.6) is 0 Å². The first-order valence-corrected chi connectivity index (χ1v) is 5.69. The van der Waals surface area contributed by atoms with Crippen molar-refractivity contribution in [2.24, 2.45) is 0 Å². The molecule has 1 N–H and O–H groups in total. The highest BCUT2D eigenvalue weighted by Crippen LogP contribution is 2.23. The average Bonchev–Trinajstić information content (AvgIpc) is 2.82. The van der Waals surface area contributed by atoms with E-state index in [4.69, 9.17) is 0 Å². The van der Waals surface area contributed by atoms with Gasteiger partial charge in [0.05, 0.1) is 23.0 Å². The van der Waals surface area contributed by atoms with Gasteiger partial charge in [0.25, 0.3) is 0 Å². The third kappa shape index (κ3) is 1.62. The van der Waals surface area contributed by atoms with E-state index in [9.17, 15) is 4.39 Å². The van der Waals surface area contributed by atoms with Crippen LogP contribution in [-0.4, -0.2) is 16.4 Å². The minimum absolute atomic E-state index is 0.264. The molecule has 0 saturated heterocycles. The number of benzene rings is 1. The van der Waals surface area contributed by atoms with E-state index in [-0.39, 0.29) is 5.82 Å². The Bertz CT molecular complexity index is 703. The van der Waals surface area contributed by atoms with Crippen LogP contribution in [0.4, 0.5) is 10.1 Å². The standard InChI is InChI=1S/C14H12FN3/c1-16-10-6-7-11-8-17-14(18(11)9-10)12-4-2-3-5-13(12)15/h2-9,16H,1H3. The number of pyridine rings is 1. The Morgan fingerprint density at radius 1 is 1.17 bits per heavy atom. The monoisotopic (exact) mass is 241 g/mol. The number of fused-ring (bicyclic) bond motifs is 1. The van der Waals surface area contributed by atoms with E-state index in [1.54, 1.807) is 24.4 Å². The van der Waals surface area contributed by atoms with Crippen LogP contribution in [-0.2, 0) is 0 Å². The van der Waals surface area contributed by atoms with E-state index in [1.165, 1.54) is 6.07 Å². The molecular weight excluding hydrogens is 229 g/mol.